The van der Waals surface area contributed by atoms with Gasteiger partial charge in [0.1, 0.15) is 11.3 Å². The molecule has 0 fully saturated rings. The lowest BCUT2D eigenvalue weighted by Gasteiger charge is -2.17. The van der Waals surface area contributed by atoms with E-state index in [0.717, 1.165) is 31.0 Å². The van der Waals surface area contributed by atoms with Gasteiger partial charge in [0.25, 0.3) is 0 Å². The summed E-state index contributed by atoms with van der Waals surface area (Å²) in [6.07, 6.45) is 5.44. The van der Waals surface area contributed by atoms with Crippen molar-refractivity contribution in [3.05, 3.63) is 35.6 Å². The molecule has 112 valence electrons. The Labute approximate surface area is 127 Å². The normalized spacial score (nSPS) is 11.4. The van der Waals surface area contributed by atoms with Crippen molar-refractivity contribution >= 4 is 11.0 Å². The van der Waals surface area contributed by atoms with Crippen LogP contribution in [0.3, 0.4) is 0 Å². The summed E-state index contributed by atoms with van der Waals surface area (Å²) in [7, 11) is 0. The molecule has 0 spiro atoms. The first kappa shape index (κ1) is 15.6. The Morgan fingerprint density at radius 1 is 1.33 bits per heavy atom. The second kappa shape index (κ2) is 7.31. The van der Waals surface area contributed by atoms with Gasteiger partial charge in [0.05, 0.1) is 13.1 Å². The molecule has 1 N–H and O–H groups in total. The molecule has 1 aromatic heterocycles. The first-order valence-electron chi connectivity index (χ1n) is 7.54. The second-order valence-corrected chi connectivity index (χ2v) is 5.54. The topological polar surface area (TPSA) is 28.4 Å². The van der Waals surface area contributed by atoms with Crippen LogP contribution in [0.2, 0.25) is 0 Å². The quantitative estimate of drug-likeness (QED) is 0.790. The number of terminal acetylenes is 1. The zero-order valence-corrected chi connectivity index (χ0v) is 13.1. The lowest BCUT2D eigenvalue weighted by Crippen LogP contribution is -2.25. The van der Waals surface area contributed by atoms with E-state index in [9.17, 15) is 0 Å². The van der Waals surface area contributed by atoms with Crippen molar-refractivity contribution in [1.82, 2.24) is 10.2 Å². The van der Waals surface area contributed by atoms with Gasteiger partial charge >= 0.3 is 0 Å². The number of hydrogen-bond donors (Lipinski definition) is 1. The van der Waals surface area contributed by atoms with Gasteiger partial charge in [-0.3, -0.25) is 4.90 Å². The molecule has 0 unspecified atom stereocenters. The second-order valence-electron chi connectivity index (χ2n) is 5.54. The lowest BCUT2D eigenvalue weighted by atomic mass is 10.1. The average Bonchev–Trinajstić information content (AvgIpc) is 2.81. The molecule has 0 saturated carbocycles. The van der Waals surface area contributed by atoms with E-state index in [1.807, 2.05) is 12.1 Å². The van der Waals surface area contributed by atoms with Crippen LogP contribution in [0.5, 0.6) is 0 Å². The first-order chi connectivity index (χ1) is 10.2. The third-order valence-electron chi connectivity index (χ3n) is 3.60. The zero-order valence-electron chi connectivity index (χ0n) is 13.1. The number of fused-ring (bicyclic) bond motifs is 1. The molecule has 2 rings (SSSR count). The fourth-order valence-corrected chi connectivity index (χ4v) is 2.39. The van der Waals surface area contributed by atoms with Crippen LogP contribution in [0.4, 0.5) is 0 Å². The maximum absolute atomic E-state index is 6.06. The van der Waals surface area contributed by atoms with Gasteiger partial charge in [-0.2, -0.15) is 0 Å². The van der Waals surface area contributed by atoms with Gasteiger partial charge in [-0.1, -0.05) is 44.9 Å². The third kappa shape index (κ3) is 3.87. The minimum Gasteiger partial charge on any atom is -0.459 e. The van der Waals surface area contributed by atoms with Crippen molar-refractivity contribution in [3.8, 4) is 12.3 Å². The van der Waals surface area contributed by atoms with Crippen LogP contribution < -0.4 is 5.32 Å². The van der Waals surface area contributed by atoms with Crippen LogP contribution in [-0.4, -0.2) is 24.0 Å². The Balaban J connectivity index is 2.32. The minimum atomic E-state index is 0.444. The van der Waals surface area contributed by atoms with Crippen LogP contribution in [0.1, 0.15) is 32.1 Å². The largest absolute Gasteiger partial charge is 0.459 e. The molecule has 1 aromatic carbocycles. The van der Waals surface area contributed by atoms with E-state index in [-0.39, 0.29) is 0 Å². The molecule has 0 amide bonds. The summed E-state index contributed by atoms with van der Waals surface area (Å²) in [6, 6.07) is 8.65. The summed E-state index contributed by atoms with van der Waals surface area (Å²) in [5.74, 6) is 3.73. The Kier molecular flexibility index (Phi) is 5.44. The van der Waals surface area contributed by atoms with Gasteiger partial charge in [0.2, 0.25) is 0 Å². The summed E-state index contributed by atoms with van der Waals surface area (Å²) in [5, 5.41) is 4.68. The lowest BCUT2D eigenvalue weighted by molar-refractivity contribution is 0.287. The summed E-state index contributed by atoms with van der Waals surface area (Å²) >= 11 is 0. The summed E-state index contributed by atoms with van der Waals surface area (Å²) in [5.41, 5.74) is 2.19. The van der Waals surface area contributed by atoms with Gasteiger partial charge in [0, 0.05) is 23.5 Å². The van der Waals surface area contributed by atoms with E-state index >= 15 is 0 Å². The molecule has 0 saturated heterocycles. The molecular formula is C18H24N2O. The first-order valence-corrected chi connectivity index (χ1v) is 7.54. The van der Waals surface area contributed by atoms with Crippen LogP contribution in [0.25, 0.3) is 11.0 Å². The molecule has 21 heavy (non-hydrogen) atoms. The van der Waals surface area contributed by atoms with Gasteiger partial charge in [-0.05, 0) is 12.6 Å². The Morgan fingerprint density at radius 2 is 2.10 bits per heavy atom. The van der Waals surface area contributed by atoms with Crippen molar-refractivity contribution in [3.63, 3.8) is 0 Å². The SMILES string of the molecule is C#CCN(CC)Cc1oc2ccccc2c1CNC(C)C. The maximum Gasteiger partial charge on any atom is 0.134 e. The predicted molar refractivity (Wildman–Crippen MR) is 88.0 cm³/mol. The van der Waals surface area contributed by atoms with Crippen LogP contribution in [-0.2, 0) is 13.1 Å². The Morgan fingerprint density at radius 3 is 2.76 bits per heavy atom. The number of para-hydroxylation sites is 1. The van der Waals surface area contributed by atoms with E-state index in [1.165, 1.54) is 10.9 Å². The monoisotopic (exact) mass is 284 g/mol. The Hall–Kier alpha value is -1.76. The predicted octanol–water partition coefficient (Wildman–Crippen LogP) is 3.39. The summed E-state index contributed by atoms with van der Waals surface area (Å²) < 4.78 is 6.06. The number of nitrogens with zero attached hydrogens (tertiary/aromatic N) is 1. The van der Waals surface area contributed by atoms with Crippen molar-refractivity contribution in [2.45, 2.75) is 39.9 Å². The van der Waals surface area contributed by atoms with Crippen LogP contribution in [0.15, 0.2) is 28.7 Å². The highest BCUT2D eigenvalue weighted by Crippen LogP contribution is 2.27. The molecule has 0 atom stereocenters. The minimum absolute atomic E-state index is 0.444. The molecule has 3 nitrogen and oxygen atoms in total. The van der Waals surface area contributed by atoms with E-state index in [1.54, 1.807) is 0 Å². The third-order valence-corrected chi connectivity index (χ3v) is 3.60. The van der Waals surface area contributed by atoms with Gasteiger partial charge in [0.15, 0.2) is 0 Å². The van der Waals surface area contributed by atoms with E-state index in [4.69, 9.17) is 10.8 Å². The van der Waals surface area contributed by atoms with Crippen molar-refractivity contribution < 1.29 is 4.42 Å². The average molecular weight is 284 g/mol. The smallest absolute Gasteiger partial charge is 0.134 e. The zero-order chi connectivity index (χ0) is 15.2. The van der Waals surface area contributed by atoms with Crippen LogP contribution >= 0.6 is 0 Å². The summed E-state index contributed by atoms with van der Waals surface area (Å²) in [6.45, 7) is 9.55. The van der Waals surface area contributed by atoms with Crippen molar-refractivity contribution in [2.75, 3.05) is 13.1 Å². The fourth-order valence-electron chi connectivity index (χ4n) is 2.39. The highest BCUT2D eigenvalue weighted by Gasteiger charge is 2.16. The highest BCUT2D eigenvalue weighted by molar-refractivity contribution is 5.82. The van der Waals surface area contributed by atoms with Gasteiger partial charge in [-0.15, -0.1) is 6.42 Å². The molecule has 0 aliphatic heterocycles. The number of furan rings is 1. The van der Waals surface area contributed by atoms with E-state index in [0.29, 0.717) is 12.6 Å². The van der Waals surface area contributed by atoms with Crippen molar-refractivity contribution in [2.24, 2.45) is 0 Å². The number of rotatable bonds is 7. The number of hydrogen-bond acceptors (Lipinski definition) is 3. The molecule has 1 heterocycles. The standard InChI is InChI=1S/C18H24N2O/c1-5-11-20(6-2)13-18-16(12-19-14(3)4)15-9-7-8-10-17(15)21-18/h1,7-10,14,19H,6,11-13H2,2-4H3. The van der Waals surface area contributed by atoms with E-state index < -0.39 is 0 Å². The van der Waals surface area contributed by atoms with Gasteiger partial charge < -0.3 is 9.73 Å². The van der Waals surface area contributed by atoms with Crippen LogP contribution in [0, 0.1) is 12.3 Å². The molecule has 0 aliphatic carbocycles. The highest BCUT2D eigenvalue weighted by atomic mass is 16.3. The number of benzene rings is 1. The maximum atomic E-state index is 6.06. The molecule has 3 heteroatoms. The molecule has 0 radical (unpaired) electrons. The number of nitrogens with one attached hydrogen (secondary N) is 1. The molecule has 0 aliphatic rings. The molecule has 2 aromatic rings. The molecular weight excluding hydrogens is 260 g/mol. The van der Waals surface area contributed by atoms with Crippen molar-refractivity contribution in [1.29, 1.82) is 0 Å². The Bertz CT molecular complexity index is 622. The fraction of sp³-hybridized carbons (Fsp3) is 0.444. The van der Waals surface area contributed by atoms with Gasteiger partial charge in [-0.25, -0.2) is 0 Å². The summed E-state index contributed by atoms with van der Waals surface area (Å²) in [4.78, 5) is 2.20. The van der Waals surface area contributed by atoms with E-state index in [2.05, 4.69) is 49.0 Å². The molecule has 0 bridgehead atoms.